The van der Waals surface area contributed by atoms with Gasteiger partial charge in [-0.3, -0.25) is 0 Å². The van der Waals surface area contributed by atoms with Crippen LogP contribution in [0.25, 0.3) is 0 Å². The Labute approximate surface area is 190 Å². The second kappa shape index (κ2) is 8.75. The molecule has 0 spiro atoms. The maximum atomic E-state index is 9.90. The quantitative estimate of drug-likeness (QED) is 0.540. The van der Waals surface area contributed by atoms with E-state index < -0.39 is 5.92 Å². The van der Waals surface area contributed by atoms with Crippen molar-refractivity contribution in [3.05, 3.63) is 99.3 Å². The van der Waals surface area contributed by atoms with Crippen molar-refractivity contribution in [3.63, 3.8) is 0 Å². The van der Waals surface area contributed by atoms with E-state index in [9.17, 15) is 5.26 Å². The molecular formula is C25H22BrN3O2. The summed E-state index contributed by atoms with van der Waals surface area (Å²) in [6.07, 6.45) is 0. The van der Waals surface area contributed by atoms with E-state index in [1.165, 1.54) is 0 Å². The zero-order valence-corrected chi connectivity index (χ0v) is 18.9. The topological polar surface area (TPSA) is 71.5 Å². The highest BCUT2D eigenvalue weighted by molar-refractivity contribution is 9.10. The van der Waals surface area contributed by atoms with Crippen LogP contribution >= 0.6 is 15.9 Å². The van der Waals surface area contributed by atoms with Gasteiger partial charge >= 0.3 is 0 Å². The molecule has 0 aliphatic carbocycles. The standard InChI is InChI=1S/C25H22BrN3O2/c1-29(2)18-9-10-19-23(13-18)31-25(28)21(14-27)24(19)20-12-17(26)8-11-22(20)30-15-16-6-4-3-5-7-16/h3-13,24H,15,28H2,1-2H3/t24-/m1/s1. The molecule has 3 aromatic carbocycles. The Balaban J connectivity index is 1.81. The summed E-state index contributed by atoms with van der Waals surface area (Å²) >= 11 is 3.56. The molecule has 0 bridgehead atoms. The average molecular weight is 476 g/mol. The van der Waals surface area contributed by atoms with Crippen molar-refractivity contribution in [3.8, 4) is 17.6 Å². The lowest BCUT2D eigenvalue weighted by molar-refractivity contribution is 0.301. The van der Waals surface area contributed by atoms with Crippen molar-refractivity contribution in [2.75, 3.05) is 19.0 Å². The molecule has 0 saturated carbocycles. The van der Waals surface area contributed by atoms with Gasteiger partial charge in [-0.2, -0.15) is 5.26 Å². The molecule has 0 unspecified atom stereocenters. The van der Waals surface area contributed by atoms with E-state index in [-0.39, 0.29) is 5.88 Å². The maximum absolute atomic E-state index is 9.90. The van der Waals surface area contributed by atoms with E-state index in [0.29, 0.717) is 23.7 Å². The number of rotatable bonds is 5. The molecule has 4 rings (SSSR count). The van der Waals surface area contributed by atoms with Gasteiger partial charge in [0.2, 0.25) is 5.88 Å². The van der Waals surface area contributed by atoms with E-state index >= 15 is 0 Å². The molecule has 0 amide bonds. The fourth-order valence-electron chi connectivity index (χ4n) is 3.65. The van der Waals surface area contributed by atoms with Crippen molar-refractivity contribution >= 4 is 21.6 Å². The number of hydrogen-bond acceptors (Lipinski definition) is 5. The average Bonchev–Trinajstić information content (AvgIpc) is 2.77. The van der Waals surface area contributed by atoms with Crippen molar-refractivity contribution in [1.82, 2.24) is 0 Å². The Morgan fingerprint density at radius 1 is 1.06 bits per heavy atom. The molecule has 1 atom stereocenters. The van der Waals surface area contributed by atoms with Gasteiger partial charge in [-0.1, -0.05) is 52.3 Å². The van der Waals surface area contributed by atoms with Crippen LogP contribution in [0.4, 0.5) is 5.69 Å². The summed E-state index contributed by atoms with van der Waals surface area (Å²) in [5.41, 5.74) is 10.3. The van der Waals surface area contributed by atoms with Gasteiger partial charge in [-0.05, 0) is 29.8 Å². The summed E-state index contributed by atoms with van der Waals surface area (Å²) in [5, 5.41) is 9.90. The fraction of sp³-hybridized carbons (Fsp3) is 0.160. The molecule has 3 aromatic rings. The summed E-state index contributed by atoms with van der Waals surface area (Å²) in [6.45, 7) is 0.423. The summed E-state index contributed by atoms with van der Waals surface area (Å²) in [7, 11) is 3.93. The molecule has 0 aromatic heterocycles. The van der Waals surface area contributed by atoms with Gasteiger partial charge in [-0.25, -0.2) is 0 Å². The van der Waals surface area contributed by atoms with E-state index in [1.807, 2.05) is 85.7 Å². The SMILES string of the molecule is CN(C)c1ccc2c(c1)OC(N)=C(C#N)[C@H]2c1cc(Br)ccc1OCc1ccccc1. The molecule has 1 heterocycles. The smallest absolute Gasteiger partial charge is 0.205 e. The monoisotopic (exact) mass is 475 g/mol. The van der Waals surface area contributed by atoms with E-state index in [4.69, 9.17) is 15.2 Å². The fourth-order valence-corrected chi connectivity index (χ4v) is 4.03. The Morgan fingerprint density at radius 2 is 1.84 bits per heavy atom. The van der Waals surface area contributed by atoms with Gasteiger partial charge < -0.3 is 20.1 Å². The lowest BCUT2D eigenvalue weighted by Crippen LogP contribution is -2.22. The van der Waals surface area contributed by atoms with Gasteiger partial charge in [0, 0.05) is 41.4 Å². The van der Waals surface area contributed by atoms with Crippen LogP contribution < -0.4 is 20.1 Å². The molecule has 6 heteroatoms. The Kier molecular flexibility index (Phi) is 5.88. The number of benzene rings is 3. The number of nitrogens with two attached hydrogens (primary N) is 1. The molecule has 31 heavy (non-hydrogen) atoms. The molecular weight excluding hydrogens is 454 g/mol. The number of halogens is 1. The number of nitriles is 1. The predicted molar refractivity (Wildman–Crippen MR) is 125 cm³/mol. The highest BCUT2D eigenvalue weighted by atomic mass is 79.9. The minimum absolute atomic E-state index is 0.116. The third-order valence-electron chi connectivity index (χ3n) is 5.24. The zero-order valence-electron chi connectivity index (χ0n) is 17.3. The molecule has 0 fully saturated rings. The molecule has 0 radical (unpaired) electrons. The van der Waals surface area contributed by atoms with Crippen LogP contribution in [0, 0.1) is 11.3 Å². The summed E-state index contributed by atoms with van der Waals surface area (Å²) < 4.78 is 12.9. The second-order valence-corrected chi connectivity index (χ2v) is 8.41. The first-order valence-corrected chi connectivity index (χ1v) is 10.6. The first-order valence-electron chi connectivity index (χ1n) is 9.83. The van der Waals surface area contributed by atoms with Gasteiger partial charge in [0.1, 0.15) is 29.7 Å². The Hall–Kier alpha value is -3.43. The highest BCUT2D eigenvalue weighted by Gasteiger charge is 2.33. The summed E-state index contributed by atoms with van der Waals surface area (Å²) in [5.74, 6) is 1.06. The lowest BCUT2D eigenvalue weighted by atomic mass is 9.83. The van der Waals surface area contributed by atoms with Crippen LogP contribution in [0.1, 0.15) is 22.6 Å². The normalized spacial score (nSPS) is 15.0. The van der Waals surface area contributed by atoms with Crippen molar-refractivity contribution in [2.45, 2.75) is 12.5 Å². The van der Waals surface area contributed by atoms with Crippen molar-refractivity contribution in [2.24, 2.45) is 5.73 Å². The lowest BCUT2D eigenvalue weighted by Gasteiger charge is -2.29. The number of fused-ring (bicyclic) bond motifs is 1. The van der Waals surface area contributed by atoms with Crippen LogP contribution in [0.5, 0.6) is 11.5 Å². The van der Waals surface area contributed by atoms with Crippen molar-refractivity contribution in [1.29, 1.82) is 5.26 Å². The van der Waals surface area contributed by atoms with Gasteiger partial charge in [0.15, 0.2) is 0 Å². The first-order chi connectivity index (χ1) is 15.0. The molecule has 5 nitrogen and oxygen atoms in total. The molecule has 0 saturated heterocycles. The molecule has 2 N–H and O–H groups in total. The van der Waals surface area contributed by atoms with Crippen LogP contribution in [-0.4, -0.2) is 14.1 Å². The minimum atomic E-state index is -0.395. The van der Waals surface area contributed by atoms with Crippen LogP contribution in [0.15, 0.2) is 82.7 Å². The third-order valence-corrected chi connectivity index (χ3v) is 5.73. The summed E-state index contributed by atoms with van der Waals surface area (Å²) in [6, 6.07) is 24.0. The number of allylic oxidation sites excluding steroid dienone is 1. The number of hydrogen-bond donors (Lipinski definition) is 1. The predicted octanol–water partition coefficient (Wildman–Crippen LogP) is 5.31. The van der Waals surface area contributed by atoms with Gasteiger partial charge in [0.25, 0.3) is 0 Å². The van der Waals surface area contributed by atoms with Crippen LogP contribution in [0.2, 0.25) is 0 Å². The van der Waals surface area contributed by atoms with Crippen LogP contribution in [0.3, 0.4) is 0 Å². The van der Waals surface area contributed by atoms with E-state index in [1.54, 1.807) is 0 Å². The summed E-state index contributed by atoms with van der Waals surface area (Å²) in [4.78, 5) is 1.99. The molecule has 156 valence electrons. The van der Waals surface area contributed by atoms with Gasteiger partial charge in [0.05, 0.1) is 5.92 Å². The van der Waals surface area contributed by atoms with Crippen molar-refractivity contribution < 1.29 is 9.47 Å². The number of anilines is 1. The van der Waals surface area contributed by atoms with E-state index in [2.05, 4.69) is 22.0 Å². The molecule has 1 aliphatic heterocycles. The Bertz CT molecular complexity index is 1180. The number of ether oxygens (including phenoxy) is 2. The number of nitrogens with zero attached hydrogens (tertiary/aromatic N) is 2. The third kappa shape index (κ3) is 4.23. The zero-order chi connectivity index (χ0) is 22.0. The second-order valence-electron chi connectivity index (χ2n) is 7.50. The first kappa shape index (κ1) is 20.8. The molecule has 1 aliphatic rings. The minimum Gasteiger partial charge on any atom is -0.489 e. The highest BCUT2D eigenvalue weighted by Crippen LogP contribution is 2.46. The van der Waals surface area contributed by atoms with Gasteiger partial charge in [-0.15, -0.1) is 0 Å². The Morgan fingerprint density at radius 3 is 2.55 bits per heavy atom. The van der Waals surface area contributed by atoms with Crippen LogP contribution in [-0.2, 0) is 6.61 Å². The van der Waals surface area contributed by atoms with E-state index in [0.717, 1.165) is 26.9 Å². The largest absolute Gasteiger partial charge is 0.489 e. The maximum Gasteiger partial charge on any atom is 0.205 e.